The summed E-state index contributed by atoms with van der Waals surface area (Å²) >= 11 is 5.68. The number of ether oxygens (including phenoxy) is 1. The first-order chi connectivity index (χ1) is 9.91. The minimum Gasteiger partial charge on any atom is -0.425 e. The molecule has 0 aliphatic carbocycles. The van der Waals surface area contributed by atoms with Crippen molar-refractivity contribution < 1.29 is 18.3 Å². The van der Waals surface area contributed by atoms with E-state index in [9.17, 15) is 13.6 Å². The summed E-state index contributed by atoms with van der Waals surface area (Å²) in [7, 11) is 0. The number of hydrogen-bond donors (Lipinski definition) is 1. The topological polar surface area (TPSA) is 52.3 Å². The second-order valence-corrected chi connectivity index (χ2v) is 4.78. The lowest BCUT2D eigenvalue weighted by Gasteiger charge is -2.22. The lowest BCUT2D eigenvalue weighted by atomic mass is 10.0. The number of esters is 1. The fourth-order valence-corrected chi connectivity index (χ4v) is 1.80. The molecular weight excluding hydrogens is 300 g/mol. The van der Waals surface area contributed by atoms with E-state index in [0.29, 0.717) is 5.02 Å². The molecule has 1 atom stereocenters. The summed E-state index contributed by atoms with van der Waals surface area (Å²) < 4.78 is 33.1. The Hall–Kier alpha value is -1.98. The van der Waals surface area contributed by atoms with Crippen LogP contribution in [-0.2, 0) is 10.7 Å². The van der Waals surface area contributed by atoms with Crippen molar-refractivity contribution in [1.29, 1.82) is 0 Å². The fraction of sp³-hybridized carbons (Fsp3) is 0.133. The zero-order chi connectivity index (χ0) is 15.5. The van der Waals surface area contributed by atoms with Crippen molar-refractivity contribution in [2.75, 3.05) is 0 Å². The summed E-state index contributed by atoms with van der Waals surface area (Å²) in [6.07, 6.45) is 0. The lowest BCUT2D eigenvalue weighted by Crippen LogP contribution is -2.47. The molecule has 0 saturated carbocycles. The molecule has 2 aromatic rings. The van der Waals surface area contributed by atoms with Gasteiger partial charge in [-0.2, -0.15) is 8.78 Å². The minimum absolute atomic E-state index is 0.101. The van der Waals surface area contributed by atoms with E-state index in [4.69, 9.17) is 22.1 Å². The van der Waals surface area contributed by atoms with Crippen LogP contribution in [0.1, 0.15) is 5.56 Å². The van der Waals surface area contributed by atoms with Gasteiger partial charge in [-0.3, -0.25) is 0 Å². The highest BCUT2D eigenvalue weighted by molar-refractivity contribution is 6.30. The molecule has 21 heavy (non-hydrogen) atoms. The molecule has 0 aliphatic rings. The number of alkyl halides is 2. The zero-order valence-electron chi connectivity index (χ0n) is 10.8. The molecule has 0 amide bonds. The van der Waals surface area contributed by atoms with Crippen molar-refractivity contribution in [3.63, 3.8) is 0 Å². The predicted octanol–water partition coefficient (Wildman–Crippen LogP) is 3.36. The number of carbonyl (C=O) groups excluding carboxylic acids is 1. The van der Waals surface area contributed by atoms with Crippen molar-refractivity contribution in [2.45, 2.75) is 12.0 Å². The van der Waals surface area contributed by atoms with Crippen LogP contribution in [0, 0.1) is 0 Å². The van der Waals surface area contributed by atoms with Crippen LogP contribution in [0.4, 0.5) is 8.78 Å². The number of benzene rings is 2. The lowest BCUT2D eigenvalue weighted by molar-refractivity contribution is -0.146. The molecule has 0 heterocycles. The predicted molar refractivity (Wildman–Crippen MR) is 75.4 cm³/mol. The van der Waals surface area contributed by atoms with Crippen LogP contribution in [0.2, 0.25) is 5.02 Å². The van der Waals surface area contributed by atoms with Crippen LogP contribution >= 0.6 is 11.6 Å². The van der Waals surface area contributed by atoms with Crippen molar-refractivity contribution in [2.24, 2.45) is 5.73 Å². The Bertz CT molecular complexity index is 617. The molecule has 6 heteroatoms. The number of nitrogens with two attached hydrogens (primary N) is 1. The van der Waals surface area contributed by atoms with Crippen molar-refractivity contribution >= 4 is 17.6 Å². The highest BCUT2D eigenvalue weighted by Gasteiger charge is 2.44. The van der Waals surface area contributed by atoms with Gasteiger partial charge >= 0.3 is 5.97 Å². The molecule has 0 unspecified atom stereocenters. The third-order valence-electron chi connectivity index (χ3n) is 2.84. The van der Waals surface area contributed by atoms with Crippen LogP contribution in [0.3, 0.4) is 0 Å². The van der Waals surface area contributed by atoms with E-state index in [1.807, 2.05) is 0 Å². The number of carbonyl (C=O) groups is 1. The third-order valence-corrected chi connectivity index (χ3v) is 3.09. The Morgan fingerprint density at radius 1 is 1.10 bits per heavy atom. The van der Waals surface area contributed by atoms with Gasteiger partial charge in [-0.05, 0) is 24.3 Å². The standard InChI is InChI=1S/C15H12ClF2NO2/c16-11-6-8-12(9-7-11)21-14(20)13(19)15(17,18)10-4-2-1-3-5-10/h1-9,13H,19H2/t13-/m1/s1. The molecule has 2 rings (SSSR count). The Labute approximate surface area is 125 Å². The largest absolute Gasteiger partial charge is 0.425 e. The second-order valence-electron chi connectivity index (χ2n) is 4.34. The summed E-state index contributed by atoms with van der Waals surface area (Å²) in [6, 6.07) is 10.5. The molecule has 2 aromatic carbocycles. The third kappa shape index (κ3) is 3.56. The Kier molecular flexibility index (Phi) is 4.55. The van der Waals surface area contributed by atoms with Gasteiger partial charge < -0.3 is 10.5 Å². The molecule has 0 saturated heterocycles. The summed E-state index contributed by atoms with van der Waals surface area (Å²) in [5, 5.41) is 0.439. The quantitative estimate of drug-likeness (QED) is 0.696. The molecule has 0 radical (unpaired) electrons. The maximum Gasteiger partial charge on any atom is 0.335 e. The average molecular weight is 312 g/mol. The number of rotatable bonds is 4. The van der Waals surface area contributed by atoms with Gasteiger partial charge in [0.2, 0.25) is 0 Å². The minimum atomic E-state index is -3.52. The van der Waals surface area contributed by atoms with Gasteiger partial charge in [0.25, 0.3) is 5.92 Å². The fourth-order valence-electron chi connectivity index (χ4n) is 1.67. The normalized spacial score (nSPS) is 12.8. The Balaban J connectivity index is 2.13. The maximum atomic E-state index is 14.1. The first-order valence-electron chi connectivity index (χ1n) is 6.07. The van der Waals surface area contributed by atoms with Crippen LogP contribution in [-0.4, -0.2) is 12.0 Å². The monoisotopic (exact) mass is 311 g/mol. The molecule has 0 bridgehead atoms. The van der Waals surface area contributed by atoms with E-state index in [2.05, 4.69) is 0 Å². The molecule has 2 N–H and O–H groups in total. The molecule has 0 aliphatic heterocycles. The Morgan fingerprint density at radius 3 is 2.24 bits per heavy atom. The van der Waals surface area contributed by atoms with Crippen LogP contribution in [0.25, 0.3) is 0 Å². The summed E-state index contributed by atoms with van der Waals surface area (Å²) in [5.74, 6) is -4.64. The molecule has 0 fully saturated rings. The maximum absolute atomic E-state index is 14.1. The SMILES string of the molecule is N[C@H](C(=O)Oc1ccc(Cl)cc1)C(F)(F)c1ccccc1. The van der Waals surface area contributed by atoms with Crippen molar-refractivity contribution in [1.82, 2.24) is 0 Å². The van der Waals surface area contributed by atoms with Crippen LogP contribution < -0.4 is 10.5 Å². The van der Waals surface area contributed by atoms with Gasteiger partial charge in [0.1, 0.15) is 5.75 Å². The molecule has 3 nitrogen and oxygen atoms in total. The number of hydrogen-bond acceptors (Lipinski definition) is 3. The van der Waals surface area contributed by atoms with E-state index in [0.717, 1.165) is 0 Å². The average Bonchev–Trinajstić information content (AvgIpc) is 2.49. The van der Waals surface area contributed by atoms with Crippen molar-refractivity contribution in [3.8, 4) is 5.75 Å². The highest BCUT2D eigenvalue weighted by atomic mass is 35.5. The van der Waals surface area contributed by atoms with E-state index < -0.39 is 17.9 Å². The van der Waals surface area contributed by atoms with Gasteiger partial charge in [-0.1, -0.05) is 41.9 Å². The van der Waals surface area contributed by atoms with E-state index in [1.165, 1.54) is 48.5 Å². The zero-order valence-corrected chi connectivity index (χ0v) is 11.6. The number of halogens is 3. The molecule has 0 aromatic heterocycles. The van der Waals surface area contributed by atoms with E-state index >= 15 is 0 Å². The van der Waals surface area contributed by atoms with Crippen LogP contribution in [0.5, 0.6) is 5.75 Å². The summed E-state index contributed by atoms with van der Waals surface area (Å²) in [5.41, 5.74) is 5.01. The van der Waals surface area contributed by atoms with Crippen molar-refractivity contribution in [3.05, 3.63) is 65.2 Å². The molecular formula is C15H12ClF2NO2. The van der Waals surface area contributed by atoms with Crippen LogP contribution in [0.15, 0.2) is 54.6 Å². The first-order valence-corrected chi connectivity index (χ1v) is 6.45. The summed E-state index contributed by atoms with van der Waals surface area (Å²) in [6.45, 7) is 0. The second kappa shape index (κ2) is 6.20. The van der Waals surface area contributed by atoms with Gasteiger partial charge in [-0.25, -0.2) is 4.79 Å². The molecule has 0 spiro atoms. The van der Waals surface area contributed by atoms with Gasteiger partial charge in [0, 0.05) is 10.6 Å². The summed E-state index contributed by atoms with van der Waals surface area (Å²) in [4.78, 5) is 11.8. The van der Waals surface area contributed by atoms with Gasteiger partial charge in [0.05, 0.1) is 0 Å². The first kappa shape index (κ1) is 15.4. The molecule has 110 valence electrons. The Morgan fingerprint density at radius 2 is 1.67 bits per heavy atom. The highest BCUT2D eigenvalue weighted by Crippen LogP contribution is 2.31. The van der Waals surface area contributed by atoms with Gasteiger partial charge in [-0.15, -0.1) is 0 Å². The smallest absolute Gasteiger partial charge is 0.335 e. The van der Waals surface area contributed by atoms with E-state index in [1.54, 1.807) is 6.07 Å². The van der Waals surface area contributed by atoms with E-state index in [-0.39, 0.29) is 11.3 Å². The van der Waals surface area contributed by atoms with Gasteiger partial charge in [0.15, 0.2) is 6.04 Å².